The maximum atomic E-state index is 11.5. The van der Waals surface area contributed by atoms with Gasteiger partial charge in [-0.3, -0.25) is 9.48 Å². The summed E-state index contributed by atoms with van der Waals surface area (Å²) in [5.41, 5.74) is 0. The summed E-state index contributed by atoms with van der Waals surface area (Å²) in [6, 6.07) is 0. The number of anilines is 1. The number of carbonyl (C=O) groups is 1. The first-order valence-electron chi connectivity index (χ1n) is 5.18. The van der Waals surface area contributed by atoms with Crippen molar-refractivity contribution in [3.05, 3.63) is 6.20 Å². The van der Waals surface area contributed by atoms with Crippen molar-refractivity contribution in [1.82, 2.24) is 9.78 Å². The van der Waals surface area contributed by atoms with Crippen LogP contribution in [-0.2, 0) is 26.6 Å². The fourth-order valence-electron chi connectivity index (χ4n) is 1.17. The monoisotopic (exact) mass is 276 g/mol. The number of sulfonamides is 1. The van der Waals surface area contributed by atoms with Gasteiger partial charge in [0.05, 0.1) is 6.10 Å². The molecule has 0 atom stereocenters. The molecule has 8 nitrogen and oxygen atoms in total. The normalized spacial score (nSPS) is 11.8. The summed E-state index contributed by atoms with van der Waals surface area (Å²) < 4.78 is 28.8. The lowest BCUT2D eigenvalue weighted by molar-refractivity contribution is -0.122. The van der Waals surface area contributed by atoms with Crippen molar-refractivity contribution in [1.29, 1.82) is 0 Å². The molecule has 0 unspecified atom stereocenters. The summed E-state index contributed by atoms with van der Waals surface area (Å²) in [4.78, 5) is 11.3. The standard InChI is InChI=1S/C9H16N4O4S/c1-6(2)17-5-8(14)11-9-7(18(10,15)16)4-13(3)12-9/h4,6H,5H2,1-3H3,(H2,10,15,16)(H,11,12,14). The lowest BCUT2D eigenvalue weighted by atomic mass is 10.5. The third kappa shape index (κ3) is 4.09. The van der Waals surface area contributed by atoms with Crippen molar-refractivity contribution in [2.75, 3.05) is 11.9 Å². The second-order valence-electron chi connectivity index (χ2n) is 3.97. The first-order chi connectivity index (χ1) is 8.20. The average molecular weight is 276 g/mol. The van der Waals surface area contributed by atoms with Crippen LogP contribution in [0.25, 0.3) is 0 Å². The fourth-order valence-corrected chi connectivity index (χ4v) is 1.83. The first kappa shape index (κ1) is 14.6. The number of primary sulfonamides is 1. The van der Waals surface area contributed by atoms with E-state index in [4.69, 9.17) is 9.88 Å². The summed E-state index contributed by atoms with van der Waals surface area (Å²) in [6.07, 6.45) is 1.12. The van der Waals surface area contributed by atoms with Gasteiger partial charge < -0.3 is 10.1 Å². The van der Waals surface area contributed by atoms with Crippen LogP contribution >= 0.6 is 0 Å². The SMILES string of the molecule is CC(C)OCC(=O)Nc1nn(C)cc1S(N)(=O)=O. The number of carbonyl (C=O) groups excluding carboxylic acids is 1. The summed E-state index contributed by atoms with van der Waals surface area (Å²) in [5.74, 6) is -0.593. The molecule has 0 fully saturated rings. The minimum absolute atomic E-state index is 0.0997. The van der Waals surface area contributed by atoms with Crippen molar-refractivity contribution < 1.29 is 17.9 Å². The van der Waals surface area contributed by atoms with Gasteiger partial charge in [0.1, 0.15) is 11.5 Å². The van der Waals surface area contributed by atoms with Crippen LogP contribution in [0.3, 0.4) is 0 Å². The van der Waals surface area contributed by atoms with Crippen molar-refractivity contribution in [2.24, 2.45) is 12.2 Å². The minimum Gasteiger partial charge on any atom is -0.369 e. The molecule has 1 heterocycles. The fraction of sp³-hybridized carbons (Fsp3) is 0.556. The third-order valence-electron chi connectivity index (χ3n) is 1.91. The van der Waals surface area contributed by atoms with Gasteiger partial charge in [0.2, 0.25) is 10.0 Å². The van der Waals surface area contributed by atoms with E-state index in [2.05, 4.69) is 10.4 Å². The molecular weight excluding hydrogens is 260 g/mol. The highest BCUT2D eigenvalue weighted by Crippen LogP contribution is 2.16. The number of nitrogens with two attached hydrogens (primary N) is 1. The minimum atomic E-state index is -3.93. The Morgan fingerprint density at radius 2 is 2.22 bits per heavy atom. The van der Waals surface area contributed by atoms with Crippen molar-refractivity contribution in [2.45, 2.75) is 24.8 Å². The molecule has 1 aromatic rings. The van der Waals surface area contributed by atoms with Crippen molar-refractivity contribution in [3.63, 3.8) is 0 Å². The number of nitrogens with zero attached hydrogens (tertiary/aromatic N) is 2. The average Bonchev–Trinajstić information content (AvgIpc) is 2.56. The van der Waals surface area contributed by atoms with E-state index in [1.807, 2.05) is 0 Å². The molecule has 1 rings (SSSR count). The molecule has 0 bridgehead atoms. The quantitative estimate of drug-likeness (QED) is 0.747. The number of ether oxygens (including phenoxy) is 1. The Labute approximate surface area is 105 Å². The Balaban J connectivity index is 2.82. The van der Waals surface area contributed by atoms with Gasteiger partial charge in [-0.1, -0.05) is 0 Å². The predicted octanol–water partition coefficient (Wildman–Crippen LogP) is -0.569. The molecule has 0 saturated carbocycles. The largest absolute Gasteiger partial charge is 0.369 e. The highest BCUT2D eigenvalue weighted by atomic mass is 32.2. The summed E-state index contributed by atoms with van der Waals surface area (Å²) in [5, 5.41) is 11.2. The van der Waals surface area contributed by atoms with Crippen LogP contribution in [0, 0.1) is 0 Å². The Hall–Kier alpha value is -1.45. The summed E-state index contributed by atoms with van der Waals surface area (Å²) >= 11 is 0. The van der Waals surface area contributed by atoms with E-state index in [0.29, 0.717) is 0 Å². The van der Waals surface area contributed by atoms with Crippen LogP contribution in [0.4, 0.5) is 5.82 Å². The van der Waals surface area contributed by atoms with Crippen LogP contribution < -0.4 is 10.5 Å². The number of hydrogen-bond donors (Lipinski definition) is 2. The Kier molecular flexibility index (Phi) is 4.43. The molecule has 1 amide bonds. The molecule has 1 aromatic heterocycles. The summed E-state index contributed by atoms with van der Waals surface area (Å²) in [7, 11) is -2.41. The molecule has 9 heteroatoms. The zero-order valence-electron chi connectivity index (χ0n) is 10.4. The predicted molar refractivity (Wildman–Crippen MR) is 64.3 cm³/mol. The highest BCUT2D eigenvalue weighted by Gasteiger charge is 2.19. The van der Waals surface area contributed by atoms with E-state index in [0.717, 1.165) is 0 Å². The van der Waals surface area contributed by atoms with E-state index < -0.39 is 15.9 Å². The van der Waals surface area contributed by atoms with Crippen LogP contribution in [0.2, 0.25) is 0 Å². The number of aromatic nitrogens is 2. The molecule has 0 spiro atoms. The van der Waals surface area contributed by atoms with Gasteiger partial charge in [0, 0.05) is 13.2 Å². The van der Waals surface area contributed by atoms with Gasteiger partial charge in [0.15, 0.2) is 5.82 Å². The zero-order valence-corrected chi connectivity index (χ0v) is 11.2. The van der Waals surface area contributed by atoms with Crippen LogP contribution in [-0.4, -0.2) is 36.8 Å². The number of rotatable bonds is 5. The maximum Gasteiger partial charge on any atom is 0.251 e. The van der Waals surface area contributed by atoms with Gasteiger partial charge in [-0.05, 0) is 13.8 Å². The topological polar surface area (TPSA) is 116 Å². The van der Waals surface area contributed by atoms with E-state index >= 15 is 0 Å². The van der Waals surface area contributed by atoms with Gasteiger partial charge in [-0.15, -0.1) is 0 Å². The number of hydrogen-bond acceptors (Lipinski definition) is 5. The van der Waals surface area contributed by atoms with Crippen molar-refractivity contribution in [3.8, 4) is 0 Å². The Morgan fingerprint density at radius 1 is 1.61 bits per heavy atom. The van der Waals surface area contributed by atoms with Gasteiger partial charge in [-0.2, -0.15) is 5.10 Å². The molecule has 0 aliphatic heterocycles. The first-order valence-corrected chi connectivity index (χ1v) is 6.72. The smallest absolute Gasteiger partial charge is 0.251 e. The maximum absolute atomic E-state index is 11.5. The molecule has 0 aromatic carbocycles. The molecule has 102 valence electrons. The third-order valence-corrected chi connectivity index (χ3v) is 2.82. The Morgan fingerprint density at radius 3 is 2.72 bits per heavy atom. The van der Waals surface area contributed by atoms with Crippen molar-refractivity contribution >= 4 is 21.7 Å². The second-order valence-corrected chi connectivity index (χ2v) is 5.50. The van der Waals surface area contributed by atoms with Gasteiger partial charge >= 0.3 is 0 Å². The molecule has 0 radical (unpaired) electrons. The molecule has 0 aliphatic carbocycles. The highest BCUT2D eigenvalue weighted by molar-refractivity contribution is 7.89. The van der Waals surface area contributed by atoms with Gasteiger partial charge in [0.25, 0.3) is 5.91 Å². The number of aryl methyl sites for hydroxylation is 1. The van der Waals surface area contributed by atoms with E-state index in [-0.39, 0.29) is 23.4 Å². The van der Waals surface area contributed by atoms with E-state index in [1.165, 1.54) is 17.9 Å². The molecule has 18 heavy (non-hydrogen) atoms. The van der Waals surface area contributed by atoms with E-state index in [9.17, 15) is 13.2 Å². The lowest BCUT2D eigenvalue weighted by Gasteiger charge is -2.07. The van der Waals surface area contributed by atoms with E-state index in [1.54, 1.807) is 13.8 Å². The van der Waals surface area contributed by atoms with Crippen LogP contribution in [0.5, 0.6) is 0 Å². The molecular formula is C9H16N4O4S. The zero-order chi connectivity index (χ0) is 13.9. The van der Waals surface area contributed by atoms with Gasteiger partial charge in [-0.25, -0.2) is 13.6 Å². The number of amides is 1. The molecule has 3 N–H and O–H groups in total. The lowest BCUT2D eigenvalue weighted by Crippen LogP contribution is -2.22. The van der Waals surface area contributed by atoms with Crippen LogP contribution in [0.15, 0.2) is 11.1 Å². The second kappa shape index (κ2) is 5.46. The molecule has 0 aliphatic rings. The molecule has 0 saturated heterocycles. The van der Waals surface area contributed by atoms with Crippen LogP contribution in [0.1, 0.15) is 13.8 Å². The Bertz CT molecular complexity index is 535. The number of nitrogens with one attached hydrogen (secondary N) is 1. The summed E-state index contributed by atoms with van der Waals surface area (Å²) in [6.45, 7) is 3.38.